The van der Waals surface area contributed by atoms with Gasteiger partial charge in [-0.3, -0.25) is 4.79 Å². The molecular weight excluding hydrogens is 284 g/mol. The van der Waals surface area contributed by atoms with Gasteiger partial charge in [0.15, 0.2) is 5.78 Å². The van der Waals surface area contributed by atoms with Crippen LogP contribution < -0.4 is 4.74 Å². The number of hydrogen-bond acceptors (Lipinski definition) is 2. The van der Waals surface area contributed by atoms with Crippen molar-refractivity contribution in [2.45, 2.75) is 33.6 Å². The Morgan fingerprint density at radius 2 is 1.86 bits per heavy atom. The zero-order chi connectivity index (χ0) is 15.6. The molecule has 21 heavy (non-hydrogen) atoms. The first-order chi connectivity index (χ1) is 9.88. The number of halogens is 1. The van der Waals surface area contributed by atoms with E-state index in [1.165, 1.54) is 18.1 Å². The largest absolute Gasteiger partial charge is 0.456 e. The maximum absolute atomic E-state index is 11.3. The van der Waals surface area contributed by atoms with Gasteiger partial charge in [0.2, 0.25) is 0 Å². The summed E-state index contributed by atoms with van der Waals surface area (Å²) in [5, 5.41) is 0.438. The Morgan fingerprint density at radius 1 is 1.14 bits per heavy atom. The molecule has 0 fully saturated rings. The molecule has 0 aromatic heterocycles. The summed E-state index contributed by atoms with van der Waals surface area (Å²) in [7, 11) is 0. The van der Waals surface area contributed by atoms with Crippen molar-refractivity contribution in [3.8, 4) is 11.5 Å². The third-order valence-corrected chi connectivity index (χ3v) is 3.72. The van der Waals surface area contributed by atoms with Crippen LogP contribution in [0, 0.1) is 6.92 Å². The standard InChI is InChI=1S/C18H19ClO2/c1-11(2)16-7-6-15(9-12(16)3)21-18-8-5-14(13(4)20)10-17(18)19/h5-11H,1-4H3. The van der Waals surface area contributed by atoms with Crippen LogP contribution in [0.1, 0.15) is 48.2 Å². The fourth-order valence-electron chi connectivity index (χ4n) is 2.29. The van der Waals surface area contributed by atoms with E-state index in [-0.39, 0.29) is 5.78 Å². The van der Waals surface area contributed by atoms with E-state index < -0.39 is 0 Å². The lowest BCUT2D eigenvalue weighted by atomic mass is 9.98. The zero-order valence-electron chi connectivity index (χ0n) is 12.7. The highest BCUT2D eigenvalue weighted by Crippen LogP contribution is 2.32. The van der Waals surface area contributed by atoms with Gasteiger partial charge in [-0.1, -0.05) is 31.5 Å². The molecule has 0 unspecified atom stereocenters. The average molecular weight is 303 g/mol. The monoisotopic (exact) mass is 302 g/mol. The summed E-state index contributed by atoms with van der Waals surface area (Å²) in [6.07, 6.45) is 0. The molecular formula is C18H19ClO2. The minimum absolute atomic E-state index is 0.0134. The van der Waals surface area contributed by atoms with E-state index in [2.05, 4.69) is 26.8 Å². The van der Waals surface area contributed by atoms with Gasteiger partial charge in [0.1, 0.15) is 11.5 Å². The number of benzene rings is 2. The lowest BCUT2D eigenvalue weighted by molar-refractivity contribution is 0.101. The van der Waals surface area contributed by atoms with Gasteiger partial charge in [-0.2, -0.15) is 0 Å². The Kier molecular flexibility index (Phi) is 4.69. The molecule has 0 spiro atoms. The number of aryl methyl sites for hydroxylation is 1. The van der Waals surface area contributed by atoms with Crippen LogP contribution >= 0.6 is 11.6 Å². The van der Waals surface area contributed by atoms with E-state index in [0.717, 1.165) is 5.75 Å². The van der Waals surface area contributed by atoms with E-state index >= 15 is 0 Å². The molecule has 0 saturated carbocycles. The van der Waals surface area contributed by atoms with E-state index in [1.807, 2.05) is 12.1 Å². The van der Waals surface area contributed by atoms with Gasteiger partial charge in [0, 0.05) is 5.56 Å². The molecule has 110 valence electrons. The lowest BCUT2D eigenvalue weighted by Crippen LogP contribution is -1.95. The number of ketones is 1. The second-order valence-corrected chi connectivity index (χ2v) is 5.88. The van der Waals surface area contributed by atoms with Crippen LogP contribution in [0.15, 0.2) is 36.4 Å². The summed E-state index contributed by atoms with van der Waals surface area (Å²) >= 11 is 6.17. The Morgan fingerprint density at radius 3 is 2.38 bits per heavy atom. The van der Waals surface area contributed by atoms with Crippen LogP contribution in [-0.2, 0) is 0 Å². The highest BCUT2D eigenvalue weighted by molar-refractivity contribution is 6.32. The van der Waals surface area contributed by atoms with Crippen LogP contribution in [0.5, 0.6) is 11.5 Å². The van der Waals surface area contributed by atoms with Crippen LogP contribution in [0.25, 0.3) is 0 Å². The van der Waals surface area contributed by atoms with Crippen molar-refractivity contribution in [1.82, 2.24) is 0 Å². The minimum Gasteiger partial charge on any atom is -0.456 e. The summed E-state index contributed by atoms with van der Waals surface area (Å²) in [4.78, 5) is 11.3. The van der Waals surface area contributed by atoms with E-state index in [1.54, 1.807) is 18.2 Å². The second-order valence-electron chi connectivity index (χ2n) is 5.48. The normalized spacial score (nSPS) is 10.8. The van der Waals surface area contributed by atoms with Crippen molar-refractivity contribution in [2.24, 2.45) is 0 Å². The first-order valence-electron chi connectivity index (χ1n) is 6.97. The van der Waals surface area contributed by atoms with E-state index in [4.69, 9.17) is 16.3 Å². The minimum atomic E-state index is -0.0134. The molecule has 2 aromatic rings. The van der Waals surface area contributed by atoms with Crippen molar-refractivity contribution >= 4 is 17.4 Å². The number of carbonyl (C=O) groups excluding carboxylic acids is 1. The summed E-state index contributed by atoms with van der Waals surface area (Å²) in [6, 6.07) is 11.1. The molecule has 0 aliphatic rings. The Balaban J connectivity index is 2.26. The first-order valence-corrected chi connectivity index (χ1v) is 7.35. The Hall–Kier alpha value is -1.80. The first kappa shape index (κ1) is 15.6. The maximum atomic E-state index is 11.3. The maximum Gasteiger partial charge on any atom is 0.159 e. The predicted octanol–water partition coefficient (Wildman–Crippen LogP) is 5.77. The SMILES string of the molecule is CC(=O)c1ccc(Oc2ccc(C(C)C)c(C)c2)c(Cl)c1. The molecule has 0 amide bonds. The third-order valence-electron chi connectivity index (χ3n) is 3.43. The fraction of sp³-hybridized carbons (Fsp3) is 0.278. The molecule has 0 heterocycles. The van der Waals surface area contributed by atoms with Crippen molar-refractivity contribution in [3.63, 3.8) is 0 Å². The summed E-state index contributed by atoms with van der Waals surface area (Å²) in [6.45, 7) is 7.92. The number of rotatable bonds is 4. The van der Waals surface area contributed by atoms with Gasteiger partial charge in [0.25, 0.3) is 0 Å². The van der Waals surface area contributed by atoms with Crippen molar-refractivity contribution in [3.05, 3.63) is 58.1 Å². The molecule has 0 saturated heterocycles. The number of hydrogen-bond donors (Lipinski definition) is 0. The summed E-state index contributed by atoms with van der Waals surface area (Å²) in [5.74, 6) is 1.77. The quantitative estimate of drug-likeness (QED) is 0.670. The zero-order valence-corrected chi connectivity index (χ0v) is 13.5. The molecule has 2 rings (SSSR count). The predicted molar refractivity (Wildman–Crippen MR) is 86.8 cm³/mol. The Bertz CT molecular complexity index is 675. The van der Waals surface area contributed by atoms with Crippen molar-refractivity contribution in [2.75, 3.05) is 0 Å². The third kappa shape index (κ3) is 3.64. The lowest BCUT2D eigenvalue weighted by Gasteiger charge is -2.13. The highest BCUT2D eigenvalue weighted by atomic mass is 35.5. The molecule has 0 atom stereocenters. The van der Waals surface area contributed by atoms with Gasteiger partial charge in [-0.25, -0.2) is 0 Å². The highest BCUT2D eigenvalue weighted by Gasteiger charge is 2.09. The van der Waals surface area contributed by atoms with Crippen LogP contribution in [-0.4, -0.2) is 5.78 Å². The number of carbonyl (C=O) groups is 1. The number of ether oxygens (including phenoxy) is 1. The molecule has 0 aliphatic heterocycles. The molecule has 0 N–H and O–H groups in total. The average Bonchev–Trinajstić information content (AvgIpc) is 2.40. The van der Waals surface area contributed by atoms with E-state index in [0.29, 0.717) is 22.3 Å². The molecule has 2 nitrogen and oxygen atoms in total. The number of Topliss-reactive ketones (excluding diaryl/α,β-unsaturated/α-hetero) is 1. The molecule has 0 radical (unpaired) electrons. The molecule has 0 bridgehead atoms. The summed E-state index contributed by atoms with van der Waals surface area (Å²) in [5.41, 5.74) is 3.08. The smallest absolute Gasteiger partial charge is 0.159 e. The molecule has 2 aromatic carbocycles. The summed E-state index contributed by atoms with van der Waals surface area (Å²) < 4.78 is 5.82. The van der Waals surface area contributed by atoms with Gasteiger partial charge in [0.05, 0.1) is 5.02 Å². The Labute approximate surface area is 130 Å². The fourth-order valence-corrected chi connectivity index (χ4v) is 2.51. The van der Waals surface area contributed by atoms with E-state index in [9.17, 15) is 4.79 Å². The van der Waals surface area contributed by atoms with Gasteiger partial charge < -0.3 is 4.74 Å². The second kappa shape index (κ2) is 6.31. The van der Waals surface area contributed by atoms with Gasteiger partial charge >= 0.3 is 0 Å². The van der Waals surface area contributed by atoms with Gasteiger partial charge in [-0.05, 0) is 61.2 Å². The topological polar surface area (TPSA) is 26.3 Å². The van der Waals surface area contributed by atoms with Crippen LogP contribution in [0.3, 0.4) is 0 Å². The van der Waals surface area contributed by atoms with Crippen LogP contribution in [0.4, 0.5) is 0 Å². The van der Waals surface area contributed by atoms with Crippen molar-refractivity contribution < 1.29 is 9.53 Å². The van der Waals surface area contributed by atoms with Crippen LogP contribution in [0.2, 0.25) is 5.02 Å². The molecule has 3 heteroatoms. The van der Waals surface area contributed by atoms with Gasteiger partial charge in [-0.15, -0.1) is 0 Å². The molecule has 0 aliphatic carbocycles. The van der Waals surface area contributed by atoms with Crippen molar-refractivity contribution in [1.29, 1.82) is 0 Å².